The Hall–Kier alpha value is -1.38. The summed E-state index contributed by atoms with van der Waals surface area (Å²) in [5.41, 5.74) is 6.10. The van der Waals surface area contributed by atoms with Crippen molar-refractivity contribution >= 4 is 15.9 Å². The second-order valence-electron chi connectivity index (χ2n) is 6.78. The van der Waals surface area contributed by atoms with E-state index in [1.807, 2.05) is 0 Å². The maximum Gasteiger partial charge on any atom is 0.270 e. The number of piperidine rings is 1. The SMILES string of the molecule is Cn1cc(S(=O)(=O)N2CCCCC2)cc1C(=O)N1CCC(CN)C1. The highest BCUT2D eigenvalue weighted by Crippen LogP contribution is 2.24. The highest BCUT2D eigenvalue weighted by molar-refractivity contribution is 7.89. The van der Waals surface area contributed by atoms with E-state index in [9.17, 15) is 13.2 Å². The number of sulfonamides is 1. The second kappa shape index (κ2) is 6.85. The van der Waals surface area contributed by atoms with Gasteiger partial charge in [-0.2, -0.15) is 4.31 Å². The van der Waals surface area contributed by atoms with Crippen molar-refractivity contribution in [2.45, 2.75) is 30.6 Å². The molecular weight excluding hydrogens is 328 g/mol. The van der Waals surface area contributed by atoms with E-state index in [0.29, 0.717) is 44.3 Å². The minimum atomic E-state index is -3.51. The van der Waals surface area contributed by atoms with Crippen molar-refractivity contribution in [1.82, 2.24) is 13.8 Å². The van der Waals surface area contributed by atoms with Crippen LogP contribution in [0.1, 0.15) is 36.2 Å². The lowest BCUT2D eigenvalue weighted by Crippen LogP contribution is -2.35. The molecule has 134 valence electrons. The lowest BCUT2D eigenvalue weighted by Gasteiger charge is -2.25. The van der Waals surface area contributed by atoms with E-state index >= 15 is 0 Å². The molecule has 0 saturated carbocycles. The molecule has 0 bridgehead atoms. The van der Waals surface area contributed by atoms with Gasteiger partial charge in [0.05, 0.1) is 0 Å². The third kappa shape index (κ3) is 3.22. The van der Waals surface area contributed by atoms with E-state index in [4.69, 9.17) is 5.73 Å². The molecule has 1 aromatic rings. The number of carbonyl (C=O) groups excluding carboxylic acids is 1. The standard InChI is InChI=1S/C16H26N4O3S/c1-18-12-14(24(22,23)20-6-3-2-4-7-20)9-15(18)16(21)19-8-5-13(10-17)11-19/h9,12-13H,2-8,10-11,17H2,1H3. The summed E-state index contributed by atoms with van der Waals surface area (Å²) in [5.74, 6) is 0.222. The van der Waals surface area contributed by atoms with Crippen molar-refractivity contribution in [2.75, 3.05) is 32.7 Å². The van der Waals surface area contributed by atoms with Crippen molar-refractivity contribution in [1.29, 1.82) is 0 Å². The van der Waals surface area contributed by atoms with Crippen LogP contribution in [0.25, 0.3) is 0 Å². The van der Waals surface area contributed by atoms with Crippen LogP contribution in [0.3, 0.4) is 0 Å². The molecular formula is C16H26N4O3S. The van der Waals surface area contributed by atoms with Crippen LogP contribution in [0.4, 0.5) is 0 Å². The Morgan fingerprint density at radius 1 is 1.25 bits per heavy atom. The maximum absolute atomic E-state index is 12.8. The molecule has 3 rings (SSSR count). The number of aryl methyl sites for hydroxylation is 1. The molecule has 0 aromatic carbocycles. The zero-order valence-electron chi connectivity index (χ0n) is 14.1. The van der Waals surface area contributed by atoms with Crippen molar-refractivity contribution in [2.24, 2.45) is 18.7 Å². The quantitative estimate of drug-likeness (QED) is 0.858. The molecule has 2 aliphatic rings. The van der Waals surface area contributed by atoms with Gasteiger partial charge in [-0.05, 0) is 37.8 Å². The third-order valence-corrected chi connectivity index (χ3v) is 6.92. The van der Waals surface area contributed by atoms with E-state index in [1.165, 1.54) is 10.4 Å². The van der Waals surface area contributed by atoms with E-state index < -0.39 is 10.0 Å². The molecule has 2 fully saturated rings. The molecule has 8 heteroatoms. The van der Waals surface area contributed by atoms with Gasteiger partial charge in [-0.25, -0.2) is 8.42 Å². The molecule has 2 aliphatic heterocycles. The van der Waals surface area contributed by atoms with Crippen molar-refractivity contribution in [3.05, 3.63) is 18.0 Å². The van der Waals surface area contributed by atoms with Crippen LogP contribution in [0.2, 0.25) is 0 Å². The van der Waals surface area contributed by atoms with Gasteiger partial charge in [-0.1, -0.05) is 6.42 Å². The smallest absolute Gasteiger partial charge is 0.270 e. The number of likely N-dealkylation sites (tertiary alicyclic amines) is 1. The molecule has 1 atom stereocenters. The monoisotopic (exact) mass is 354 g/mol. The van der Waals surface area contributed by atoms with Gasteiger partial charge in [0, 0.05) is 39.4 Å². The first kappa shape index (κ1) is 17.4. The van der Waals surface area contributed by atoms with Gasteiger partial charge in [0.25, 0.3) is 5.91 Å². The topological polar surface area (TPSA) is 88.6 Å². The van der Waals surface area contributed by atoms with Crippen LogP contribution in [-0.4, -0.2) is 60.8 Å². The number of nitrogens with zero attached hydrogens (tertiary/aromatic N) is 3. The minimum absolute atomic E-state index is 0.117. The highest BCUT2D eigenvalue weighted by atomic mass is 32.2. The number of nitrogens with two attached hydrogens (primary N) is 1. The zero-order chi connectivity index (χ0) is 17.3. The molecule has 3 heterocycles. The Balaban J connectivity index is 1.81. The normalized spacial score (nSPS) is 22.9. The van der Waals surface area contributed by atoms with Crippen LogP contribution in [0.5, 0.6) is 0 Å². The van der Waals surface area contributed by atoms with Gasteiger partial charge in [0.2, 0.25) is 10.0 Å². The lowest BCUT2D eigenvalue weighted by atomic mass is 10.1. The summed E-state index contributed by atoms with van der Waals surface area (Å²) in [5, 5.41) is 0. The molecule has 24 heavy (non-hydrogen) atoms. The van der Waals surface area contributed by atoms with E-state index in [1.54, 1.807) is 22.7 Å². The summed E-state index contributed by atoms with van der Waals surface area (Å²) >= 11 is 0. The second-order valence-corrected chi connectivity index (χ2v) is 8.72. The first-order valence-electron chi connectivity index (χ1n) is 8.59. The molecule has 1 amide bonds. The third-order valence-electron chi connectivity index (χ3n) is 5.06. The summed E-state index contributed by atoms with van der Waals surface area (Å²) < 4.78 is 28.7. The molecule has 1 unspecified atom stereocenters. The Labute approximate surface area is 143 Å². The summed E-state index contributed by atoms with van der Waals surface area (Å²) in [4.78, 5) is 14.7. The predicted molar refractivity (Wildman–Crippen MR) is 91.1 cm³/mol. The van der Waals surface area contributed by atoms with E-state index in [0.717, 1.165) is 25.7 Å². The fraction of sp³-hybridized carbons (Fsp3) is 0.688. The molecule has 0 aliphatic carbocycles. The first-order chi connectivity index (χ1) is 11.4. The average Bonchev–Trinajstić information content (AvgIpc) is 3.22. The van der Waals surface area contributed by atoms with Crippen molar-refractivity contribution in [3.8, 4) is 0 Å². The van der Waals surface area contributed by atoms with Gasteiger partial charge < -0.3 is 15.2 Å². The van der Waals surface area contributed by atoms with Crippen LogP contribution < -0.4 is 5.73 Å². The van der Waals surface area contributed by atoms with Gasteiger partial charge in [-0.3, -0.25) is 4.79 Å². The average molecular weight is 354 g/mol. The minimum Gasteiger partial charge on any atom is -0.345 e. The summed E-state index contributed by atoms with van der Waals surface area (Å²) in [7, 11) is -1.79. The largest absolute Gasteiger partial charge is 0.345 e. The van der Waals surface area contributed by atoms with Crippen molar-refractivity contribution < 1.29 is 13.2 Å². The number of hydrogen-bond donors (Lipinski definition) is 1. The molecule has 0 radical (unpaired) electrons. The van der Waals surface area contributed by atoms with E-state index in [-0.39, 0.29) is 10.8 Å². The fourth-order valence-corrected chi connectivity index (χ4v) is 5.10. The summed E-state index contributed by atoms with van der Waals surface area (Å²) in [6, 6.07) is 1.52. The van der Waals surface area contributed by atoms with Crippen LogP contribution in [0, 0.1) is 5.92 Å². The predicted octanol–water partition coefficient (Wildman–Crippen LogP) is 0.621. The maximum atomic E-state index is 12.8. The van der Waals surface area contributed by atoms with Gasteiger partial charge in [0.1, 0.15) is 10.6 Å². The van der Waals surface area contributed by atoms with Crippen LogP contribution in [-0.2, 0) is 17.1 Å². The van der Waals surface area contributed by atoms with Gasteiger partial charge in [0.15, 0.2) is 0 Å². The van der Waals surface area contributed by atoms with Gasteiger partial charge >= 0.3 is 0 Å². The number of aromatic nitrogens is 1. The summed E-state index contributed by atoms with van der Waals surface area (Å²) in [6.45, 7) is 3.02. The number of amides is 1. The Morgan fingerprint density at radius 2 is 1.96 bits per heavy atom. The Morgan fingerprint density at radius 3 is 2.58 bits per heavy atom. The molecule has 2 saturated heterocycles. The fourth-order valence-electron chi connectivity index (χ4n) is 3.51. The zero-order valence-corrected chi connectivity index (χ0v) is 15.0. The van der Waals surface area contributed by atoms with Gasteiger partial charge in [-0.15, -0.1) is 0 Å². The molecule has 1 aromatic heterocycles. The van der Waals surface area contributed by atoms with Crippen LogP contribution >= 0.6 is 0 Å². The molecule has 7 nitrogen and oxygen atoms in total. The first-order valence-corrected chi connectivity index (χ1v) is 10.0. The highest BCUT2D eigenvalue weighted by Gasteiger charge is 2.31. The Bertz CT molecular complexity index is 707. The number of hydrogen-bond acceptors (Lipinski definition) is 4. The number of rotatable bonds is 4. The number of carbonyl (C=O) groups is 1. The molecule has 0 spiro atoms. The molecule has 2 N–H and O–H groups in total. The van der Waals surface area contributed by atoms with Crippen LogP contribution in [0.15, 0.2) is 17.2 Å². The Kier molecular flexibility index (Phi) is 4.98. The lowest BCUT2D eigenvalue weighted by molar-refractivity contribution is 0.0778. The summed E-state index contributed by atoms with van der Waals surface area (Å²) in [6.07, 6.45) is 5.32. The van der Waals surface area contributed by atoms with E-state index in [2.05, 4.69) is 0 Å². The van der Waals surface area contributed by atoms with Crippen molar-refractivity contribution in [3.63, 3.8) is 0 Å².